The molecule has 2 N–H and O–H groups in total. The number of nitro benzene ring substituents is 1. The zero-order valence-electron chi connectivity index (χ0n) is 11.0. The molecule has 0 saturated heterocycles. The van der Waals surface area contributed by atoms with Crippen LogP contribution in [-0.4, -0.2) is 34.2 Å². The molecule has 20 heavy (non-hydrogen) atoms. The fourth-order valence-corrected chi connectivity index (χ4v) is 2.14. The number of carbonyl (C=O) groups excluding carboxylic acids is 1. The molecule has 7 nitrogen and oxygen atoms in total. The second-order valence-corrected chi connectivity index (χ2v) is 4.96. The molecule has 0 spiro atoms. The second-order valence-electron chi connectivity index (χ2n) is 4.12. The summed E-state index contributed by atoms with van der Waals surface area (Å²) < 4.78 is 0. The Morgan fingerprint density at radius 3 is 2.65 bits per heavy atom. The molecular weight excluding hydrogens is 284 g/mol. The van der Waals surface area contributed by atoms with E-state index in [9.17, 15) is 19.7 Å². The highest BCUT2D eigenvalue weighted by atomic mass is 32.2. The number of nitrogens with one attached hydrogen (secondary N) is 1. The largest absolute Gasteiger partial charge is 0.481 e. The molecule has 108 valence electrons. The Morgan fingerprint density at radius 2 is 2.15 bits per heavy atom. The van der Waals surface area contributed by atoms with E-state index in [-0.39, 0.29) is 17.7 Å². The fourth-order valence-electron chi connectivity index (χ4n) is 1.59. The van der Waals surface area contributed by atoms with Crippen LogP contribution in [0.5, 0.6) is 0 Å². The molecule has 1 aromatic carbocycles. The molecule has 1 rings (SSSR count). The average molecular weight is 298 g/mol. The van der Waals surface area contributed by atoms with Gasteiger partial charge in [-0.05, 0) is 25.3 Å². The molecule has 8 heteroatoms. The van der Waals surface area contributed by atoms with Crippen LogP contribution in [0, 0.1) is 10.1 Å². The highest BCUT2D eigenvalue weighted by molar-refractivity contribution is 7.98. The normalized spacial score (nSPS) is 11.7. The van der Waals surface area contributed by atoms with E-state index in [0.717, 1.165) is 0 Å². The van der Waals surface area contributed by atoms with Crippen LogP contribution in [0.3, 0.4) is 0 Å². The van der Waals surface area contributed by atoms with Crippen LogP contribution in [0.1, 0.15) is 23.7 Å². The summed E-state index contributed by atoms with van der Waals surface area (Å²) in [6.07, 6.45) is 1.49. The third-order valence-corrected chi connectivity index (χ3v) is 3.28. The molecular formula is C12H14N2O5S. The number of hydrogen-bond donors (Lipinski definition) is 2. The van der Waals surface area contributed by atoms with Crippen LogP contribution in [0.4, 0.5) is 5.69 Å². The Bertz CT molecular complexity index is 547. The lowest BCUT2D eigenvalue weighted by Crippen LogP contribution is -2.34. The van der Waals surface area contributed by atoms with Crippen molar-refractivity contribution in [3.8, 4) is 0 Å². The van der Waals surface area contributed by atoms with Gasteiger partial charge >= 0.3 is 5.97 Å². The van der Waals surface area contributed by atoms with E-state index in [1.807, 2.05) is 0 Å². The van der Waals surface area contributed by atoms with Crippen molar-refractivity contribution < 1.29 is 19.6 Å². The van der Waals surface area contributed by atoms with E-state index < -0.39 is 22.8 Å². The topological polar surface area (TPSA) is 110 Å². The van der Waals surface area contributed by atoms with Gasteiger partial charge in [0, 0.05) is 17.7 Å². The Labute approximate surface area is 119 Å². The van der Waals surface area contributed by atoms with Crippen molar-refractivity contribution in [1.82, 2.24) is 5.32 Å². The lowest BCUT2D eigenvalue weighted by molar-refractivity contribution is -0.387. The lowest BCUT2D eigenvalue weighted by Gasteiger charge is -2.11. The number of hydrogen-bond acceptors (Lipinski definition) is 5. The van der Waals surface area contributed by atoms with Crippen LogP contribution >= 0.6 is 11.8 Å². The van der Waals surface area contributed by atoms with Crippen molar-refractivity contribution in [2.45, 2.75) is 24.3 Å². The summed E-state index contributed by atoms with van der Waals surface area (Å²) in [5, 5.41) is 22.0. The third kappa shape index (κ3) is 4.23. The molecule has 1 amide bonds. The van der Waals surface area contributed by atoms with Crippen molar-refractivity contribution >= 4 is 29.3 Å². The first kappa shape index (κ1) is 16.0. The molecule has 0 saturated carbocycles. The molecule has 1 unspecified atom stereocenters. The molecule has 0 aliphatic heterocycles. The maximum Gasteiger partial charge on any atom is 0.305 e. The minimum Gasteiger partial charge on any atom is -0.481 e. The van der Waals surface area contributed by atoms with Crippen LogP contribution in [0.25, 0.3) is 0 Å². The van der Waals surface area contributed by atoms with E-state index in [1.54, 1.807) is 13.2 Å². The van der Waals surface area contributed by atoms with Crippen molar-refractivity contribution in [3.63, 3.8) is 0 Å². The van der Waals surface area contributed by atoms with Crippen LogP contribution in [0.2, 0.25) is 0 Å². The van der Waals surface area contributed by atoms with Crippen LogP contribution in [-0.2, 0) is 4.79 Å². The summed E-state index contributed by atoms with van der Waals surface area (Å²) in [6.45, 7) is 1.55. The molecule has 1 atom stereocenters. The summed E-state index contributed by atoms with van der Waals surface area (Å²) in [6, 6.07) is 3.61. The number of carboxylic acid groups (broad SMARTS) is 1. The molecule has 0 bridgehead atoms. The highest BCUT2D eigenvalue weighted by Crippen LogP contribution is 2.28. The molecule has 0 aliphatic carbocycles. The summed E-state index contributed by atoms with van der Waals surface area (Å²) in [7, 11) is 0. The SMILES string of the molecule is CSc1ccc(C(=O)NC(C)CC(=O)O)cc1[N+](=O)[O-]. The number of carbonyl (C=O) groups is 2. The number of rotatable bonds is 6. The number of nitrogens with zero attached hydrogens (tertiary/aromatic N) is 1. The summed E-state index contributed by atoms with van der Waals surface area (Å²) in [5.41, 5.74) is -0.0113. The maximum atomic E-state index is 11.9. The molecule has 0 radical (unpaired) electrons. The molecule has 0 fully saturated rings. The summed E-state index contributed by atoms with van der Waals surface area (Å²) in [5.74, 6) is -1.56. The summed E-state index contributed by atoms with van der Waals surface area (Å²) in [4.78, 5) is 33.2. The van der Waals surface area contributed by atoms with Gasteiger partial charge in [0.05, 0.1) is 16.2 Å². The van der Waals surface area contributed by atoms with E-state index in [1.165, 1.54) is 30.0 Å². The Morgan fingerprint density at radius 1 is 1.50 bits per heavy atom. The first-order valence-electron chi connectivity index (χ1n) is 5.70. The first-order valence-corrected chi connectivity index (χ1v) is 6.92. The van der Waals surface area contributed by atoms with Crippen molar-refractivity contribution in [1.29, 1.82) is 0 Å². The quantitative estimate of drug-likeness (QED) is 0.471. The first-order chi connectivity index (χ1) is 9.35. The van der Waals surface area contributed by atoms with Gasteiger partial charge in [0.15, 0.2) is 0 Å². The fraction of sp³-hybridized carbons (Fsp3) is 0.333. The highest BCUT2D eigenvalue weighted by Gasteiger charge is 2.18. The maximum absolute atomic E-state index is 11.9. The standard InChI is InChI=1S/C12H14N2O5S/c1-7(5-11(15)16)13-12(17)8-3-4-10(20-2)9(6-8)14(18)19/h3-4,6-7H,5H2,1-2H3,(H,13,17)(H,15,16). The van der Waals surface area contributed by atoms with E-state index in [0.29, 0.717) is 4.90 Å². The number of aliphatic carboxylic acids is 1. The second kappa shape index (κ2) is 6.90. The number of nitro groups is 1. The predicted molar refractivity (Wildman–Crippen MR) is 74.1 cm³/mol. The Hall–Kier alpha value is -2.09. The molecule has 1 aromatic rings. The Balaban J connectivity index is 2.91. The van der Waals surface area contributed by atoms with Gasteiger partial charge in [-0.2, -0.15) is 0 Å². The van der Waals surface area contributed by atoms with E-state index in [2.05, 4.69) is 5.32 Å². The minimum absolute atomic E-state index is 0.131. The molecule has 0 aliphatic rings. The zero-order chi connectivity index (χ0) is 15.3. The predicted octanol–water partition coefficient (Wildman–Crippen LogP) is 1.91. The van der Waals surface area contributed by atoms with E-state index >= 15 is 0 Å². The van der Waals surface area contributed by atoms with Gasteiger partial charge in [0.25, 0.3) is 11.6 Å². The average Bonchev–Trinajstić information content (AvgIpc) is 2.36. The van der Waals surface area contributed by atoms with Crippen molar-refractivity contribution in [3.05, 3.63) is 33.9 Å². The smallest absolute Gasteiger partial charge is 0.305 e. The van der Waals surface area contributed by atoms with Gasteiger partial charge in [-0.1, -0.05) is 0 Å². The number of amides is 1. The number of thioether (sulfide) groups is 1. The van der Waals surface area contributed by atoms with E-state index in [4.69, 9.17) is 5.11 Å². The monoisotopic (exact) mass is 298 g/mol. The minimum atomic E-state index is -1.03. The van der Waals surface area contributed by atoms with Crippen LogP contribution in [0.15, 0.2) is 23.1 Å². The summed E-state index contributed by atoms with van der Waals surface area (Å²) >= 11 is 1.22. The van der Waals surface area contributed by atoms with Gasteiger partial charge < -0.3 is 10.4 Å². The van der Waals surface area contributed by atoms with Gasteiger partial charge in [0.1, 0.15) is 0 Å². The number of carboxylic acids is 1. The van der Waals surface area contributed by atoms with Crippen LogP contribution < -0.4 is 5.32 Å². The van der Waals surface area contributed by atoms with Gasteiger partial charge in [-0.25, -0.2) is 0 Å². The van der Waals surface area contributed by atoms with Crippen molar-refractivity contribution in [2.24, 2.45) is 0 Å². The van der Waals surface area contributed by atoms with Gasteiger partial charge in [-0.15, -0.1) is 11.8 Å². The van der Waals surface area contributed by atoms with Gasteiger partial charge in [-0.3, -0.25) is 19.7 Å². The Kier molecular flexibility index (Phi) is 5.51. The molecule has 0 aromatic heterocycles. The molecule has 0 heterocycles. The lowest BCUT2D eigenvalue weighted by atomic mass is 10.1. The number of benzene rings is 1. The van der Waals surface area contributed by atoms with Gasteiger partial charge in [0.2, 0.25) is 0 Å². The third-order valence-electron chi connectivity index (χ3n) is 2.50. The zero-order valence-corrected chi connectivity index (χ0v) is 11.8. The van der Waals surface area contributed by atoms with Crippen molar-refractivity contribution in [2.75, 3.05) is 6.26 Å².